The maximum atomic E-state index is 13.2. The highest BCUT2D eigenvalue weighted by molar-refractivity contribution is 6.23. The average molecular weight is 416 g/mol. The SMILES string of the molecule is CC(C)CC(C(=O)Nc1cccc(Cn2cccn2)c1)N1C(=O)c2ccccc2C1=O. The van der Waals surface area contributed by atoms with Crippen molar-refractivity contribution in [1.29, 1.82) is 0 Å². The first-order chi connectivity index (χ1) is 14.9. The van der Waals surface area contributed by atoms with E-state index in [0.29, 0.717) is 29.8 Å². The second-order valence-electron chi connectivity index (χ2n) is 8.06. The maximum Gasteiger partial charge on any atom is 0.262 e. The number of imide groups is 1. The van der Waals surface area contributed by atoms with E-state index in [0.717, 1.165) is 10.5 Å². The molecule has 3 aromatic rings. The number of fused-ring (bicyclic) bond motifs is 1. The Morgan fingerprint density at radius 1 is 1.00 bits per heavy atom. The zero-order valence-electron chi connectivity index (χ0n) is 17.5. The minimum Gasteiger partial charge on any atom is -0.324 e. The van der Waals surface area contributed by atoms with Gasteiger partial charge in [0.05, 0.1) is 17.7 Å². The first kappa shape index (κ1) is 20.5. The number of carbonyl (C=O) groups excluding carboxylic acids is 3. The van der Waals surface area contributed by atoms with Crippen molar-refractivity contribution in [3.05, 3.63) is 83.7 Å². The predicted octanol–water partition coefficient (Wildman–Crippen LogP) is 3.58. The summed E-state index contributed by atoms with van der Waals surface area (Å²) in [6.07, 6.45) is 3.96. The molecule has 0 fully saturated rings. The number of amides is 3. The van der Waals surface area contributed by atoms with Crippen molar-refractivity contribution in [2.75, 3.05) is 5.32 Å². The van der Waals surface area contributed by atoms with Gasteiger partial charge in [0.2, 0.25) is 5.91 Å². The number of nitrogens with one attached hydrogen (secondary N) is 1. The van der Waals surface area contributed by atoms with Crippen molar-refractivity contribution in [3.8, 4) is 0 Å². The Bertz CT molecular complexity index is 1090. The monoisotopic (exact) mass is 416 g/mol. The highest BCUT2D eigenvalue weighted by atomic mass is 16.2. The summed E-state index contributed by atoms with van der Waals surface area (Å²) in [5.41, 5.74) is 2.27. The molecular formula is C24H24N4O3. The second-order valence-corrected chi connectivity index (χ2v) is 8.06. The van der Waals surface area contributed by atoms with Crippen LogP contribution in [0, 0.1) is 5.92 Å². The number of nitrogens with zero attached hydrogens (tertiary/aromatic N) is 3. The molecule has 1 unspecified atom stereocenters. The summed E-state index contributed by atoms with van der Waals surface area (Å²) in [5.74, 6) is -1.10. The fraction of sp³-hybridized carbons (Fsp3) is 0.250. The summed E-state index contributed by atoms with van der Waals surface area (Å²) >= 11 is 0. The van der Waals surface area contributed by atoms with Crippen molar-refractivity contribution < 1.29 is 14.4 Å². The summed E-state index contributed by atoms with van der Waals surface area (Å²) < 4.78 is 1.79. The van der Waals surface area contributed by atoms with Gasteiger partial charge in [-0.3, -0.25) is 24.0 Å². The maximum absolute atomic E-state index is 13.2. The third-order valence-electron chi connectivity index (χ3n) is 5.23. The van der Waals surface area contributed by atoms with Crippen LogP contribution in [0.3, 0.4) is 0 Å². The standard InChI is InChI=1S/C24H24N4O3/c1-16(2)13-21(28-23(30)19-9-3-4-10-20(19)24(28)31)22(29)26-18-8-5-7-17(14-18)15-27-12-6-11-25-27/h3-12,14,16,21H,13,15H2,1-2H3,(H,26,29). The van der Waals surface area contributed by atoms with Crippen LogP contribution in [0.5, 0.6) is 0 Å². The molecule has 1 atom stereocenters. The minimum atomic E-state index is -0.887. The Labute approximate surface area is 180 Å². The fourth-order valence-electron chi connectivity index (χ4n) is 3.82. The zero-order chi connectivity index (χ0) is 22.0. The Kier molecular flexibility index (Phi) is 5.66. The molecule has 158 valence electrons. The molecule has 2 aromatic carbocycles. The van der Waals surface area contributed by atoms with E-state index in [2.05, 4.69) is 10.4 Å². The molecule has 0 bridgehead atoms. The van der Waals surface area contributed by atoms with Gasteiger partial charge in [-0.2, -0.15) is 5.10 Å². The first-order valence-corrected chi connectivity index (χ1v) is 10.3. The fourth-order valence-corrected chi connectivity index (χ4v) is 3.82. The van der Waals surface area contributed by atoms with Gasteiger partial charge >= 0.3 is 0 Å². The molecule has 0 saturated carbocycles. The molecule has 2 heterocycles. The molecule has 7 heteroatoms. The number of carbonyl (C=O) groups is 3. The molecule has 4 rings (SSSR count). The van der Waals surface area contributed by atoms with Crippen LogP contribution < -0.4 is 5.32 Å². The average Bonchev–Trinajstić information content (AvgIpc) is 3.34. The molecule has 0 aliphatic carbocycles. The van der Waals surface area contributed by atoms with Gasteiger partial charge in [0.25, 0.3) is 11.8 Å². The Morgan fingerprint density at radius 2 is 1.71 bits per heavy atom. The zero-order valence-corrected chi connectivity index (χ0v) is 17.5. The lowest BCUT2D eigenvalue weighted by Crippen LogP contribution is -2.47. The van der Waals surface area contributed by atoms with Gasteiger partial charge < -0.3 is 5.32 Å². The Balaban J connectivity index is 1.56. The lowest BCUT2D eigenvalue weighted by atomic mass is 10.0. The summed E-state index contributed by atoms with van der Waals surface area (Å²) in [5, 5.41) is 7.10. The largest absolute Gasteiger partial charge is 0.324 e. The van der Waals surface area contributed by atoms with Crippen molar-refractivity contribution >= 4 is 23.4 Å². The first-order valence-electron chi connectivity index (χ1n) is 10.3. The highest BCUT2D eigenvalue weighted by Gasteiger charge is 2.42. The third-order valence-corrected chi connectivity index (χ3v) is 5.23. The lowest BCUT2D eigenvalue weighted by molar-refractivity contribution is -0.120. The van der Waals surface area contributed by atoms with E-state index in [1.54, 1.807) is 41.2 Å². The van der Waals surface area contributed by atoms with Crippen molar-refractivity contribution in [2.24, 2.45) is 5.92 Å². The third kappa shape index (κ3) is 4.26. The number of hydrogen-bond acceptors (Lipinski definition) is 4. The second kappa shape index (κ2) is 8.55. The quantitative estimate of drug-likeness (QED) is 0.597. The summed E-state index contributed by atoms with van der Waals surface area (Å²) in [7, 11) is 0. The van der Waals surface area contributed by atoms with Crippen LogP contribution in [-0.4, -0.2) is 38.4 Å². The lowest BCUT2D eigenvalue weighted by Gasteiger charge is -2.26. The number of rotatable bonds is 7. The number of benzene rings is 2. The van der Waals surface area contributed by atoms with Crippen LogP contribution in [0.1, 0.15) is 46.5 Å². The summed E-state index contributed by atoms with van der Waals surface area (Å²) in [6.45, 7) is 4.50. The Morgan fingerprint density at radius 3 is 2.32 bits per heavy atom. The Hall–Kier alpha value is -3.74. The van der Waals surface area contributed by atoms with Crippen LogP contribution in [0.25, 0.3) is 0 Å². The molecule has 1 aliphatic heterocycles. The molecule has 0 spiro atoms. The van der Waals surface area contributed by atoms with Crippen molar-refractivity contribution in [1.82, 2.24) is 14.7 Å². The molecule has 7 nitrogen and oxygen atoms in total. The molecule has 3 amide bonds. The highest BCUT2D eigenvalue weighted by Crippen LogP contribution is 2.27. The van der Waals surface area contributed by atoms with E-state index >= 15 is 0 Å². The van der Waals surface area contributed by atoms with Crippen LogP contribution in [0.2, 0.25) is 0 Å². The summed E-state index contributed by atoms with van der Waals surface area (Å²) in [4.78, 5) is 40.2. The van der Waals surface area contributed by atoms with E-state index in [1.165, 1.54) is 0 Å². The summed E-state index contributed by atoms with van der Waals surface area (Å²) in [6, 6.07) is 15.1. The molecule has 1 aliphatic rings. The van der Waals surface area contributed by atoms with Crippen LogP contribution in [-0.2, 0) is 11.3 Å². The predicted molar refractivity (Wildman–Crippen MR) is 117 cm³/mol. The molecule has 0 saturated heterocycles. The number of hydrogen-bond donors (Lipinski definition) is 1. The van der Waals surface area contributed by atoms with Gasteiger partial charge in [-0.05, 0) is 48.2 Å². The van der Waals surface area contributed by atoms with Gasteiger partial charge in [0.1, 0.15) is 6.04 Å². The van der Waals surface area contributed by atoms with Crippen LogP contribution >= 0.6 is 0 Å². The molecule has 31 heavy (non-hydrogen) atoms. The van der Waals surface area contributed by atoms with Gasteiger partial charge in [0, 0.05) is 18.1 Å². The minimum absolute atomic E-state index is 0.117. The van der Waals surface area contributed by atoms with Gasteiger partial charge in [-0.25, -0.2) is 0 Å². The van der Waals surface area contributed by atoms with Crippen molar-refractivity contribution in [3.63, 3.8) is 0 Å². The van der Waals surface area contributed by atoms with E-state index in [9.17, 15) is 14.4 Å². The topological polar surface area (TPSA) is 84.3 Å². The van der Waals surface area contributed by atoms with Gasteiger partial charge in [-0.15, -0.1) is 0 Å². The molecule has 1 aromatic heterocycles. The number of aromatic nitrogens is 2. The van der Waals surface area contributed by atoms with Gasteiger partial charge in [0.15, 0.2) is 0 Å². The van der Waals surface area contributed by atoms with E-state index < -0.39 is 17.9 Å². The molecular weight excluding hydrogens is 392 g/mol. The van der Waals surface area contributed by atoms with Gasteiger partial charge in [-0.1, -0.05) is 38.1 Å². The molecule has 0 radical (unpaired) electrons. The van der Waals surface area contributed by atoms with Crippen molar-refractivity contribution in [2.45, 2.75) is 32.9 Å². The van der Waals surface area contributed by atoms with E-state index in [1.807, 2.05) is 44.3 Å². The van der Waals surface area contributed by atoms with E-state index in [-0.39, 0.29) is 11.8 Å². The normalized spacial score (nSPS) is 14.1. The number of anilines is 1. The molecule has 1 N–H and O–H groups in total. The van der Waals surface area contributed by atoms with Crippen LogP contribution in [0.4, 0.5) is 5.69 Å². The van der Waals surface area contributed by atoms with E-state index in [4.69, 9.17) is 0 Å². The smallest absolute Gasteiger partial charge is 0.262 e. The van der Waals surface area contributed by atoms with Crippen LogP contribution in [0.15, 0.2) is 67.0 Å².